The van der Waals surface area contributed by atoms with Crippen LogP contribution in [0.1, 0.15) is 29.0 Å². The first-order valence-electron chi connectivity index (χ1n) is 9.53. The van der Waals surface area contributed by atoms with Gasteiger partial charge in [0.25, 0.3) is 5.91 Å². The minimum absolute atomic E-state index is 0.0552. The number of furan rings is 1. The standard InChI is InChI=1S/C22H20N4O2/c27-22(25-10-4-5-11-25)18-13-20(16-7-2-1-3-8-16)24-21-19(18)14-23-26(21)15-17-9-6-12-28-17/h1-3,6-9,12-14H,4-5,10-11,15H2. The van der Waals surface area contributed by atoms with Crippen LogP contribution in [0.15, 0.2) is 65.4 Å². The van der Waals surface area contributed by atoms with Gasteiger partial charge in [0.05, 0.1) is 29.1 Å². The molecule has 4 aromatic rings. The van der Waals surface area contributed by atoms with Crippen molar-refractivity contribution < 1.29 is 9.21 Å². The number of fused-ring (bicyclic) bond motifs is 1. The largest absolute Gasteiger partial charge is 0.467 e. The third-order valence-corrected chi connectivity index (χ3v) is 5.19. The van der Waals surface area contributed by atoms with Gasteiger partial charge in [0.1, 0.15) is 12.3 Å². The summed E-state index contributed by atoms with van der Waals surface area (Å²) in [5.74, 6) is 0.851. The van der Waals surface area contributed by atoms with Crippen LogP contribution >= 0.6 is 0 Å². The Bertz CT molecular complexity index is 1110. The van der Waals surface area contributed by atoms with Gasteiger partial charge in [-0.3, -0.25) is 4.79 Å². The molecule has 6 nitrogen and oxygen atoms in total. The maximum Gasteiger partial charge on any atom is 0.254 e. The van der Waals surface area contributed by atoms with E-state index in [4.69, 9.17) is 9.40 Å². The van der Waals surface area contributed by atoms with Gasteiger partial charge in [0.15, 0.2) is 5.65 Å². The lowest BCUT2D eigenvalue weighted by Gasteiger charge is -2.16. The maximum atomic E-state index is 13.2. The predicted octanol–water partition coefficient (Wildman–Crippen LogP) is 3.98. The monoisotopic (exact) mass is 372 g/mol. The number of hydrogen-bond donors (Lipinski definition) is 0. The van der Waals surface area contributed by atoms with E-state index in [2.05, 4.69) is 5.10 Å². The highest BCUT2D eigenvalue weighted by atomic mass is 16.3. The van der Waals surface area contributed by atoms with Crippen molar-refractivity contribution in [2.45, 2.75) is 19.4 Å². The molecule has 0 N–H and O–H groups in total. The topological polar surface area (TPSA) is 64.2 Å². The second-order valence-electron chi connectivity index (χ2n) is 7.04. The molecule has 0 bridgehead atoms. The SMILES string of the molecule is O=C(c1cc(-c2ccccc2)nc2c1cnn2Cc1ccco1)N1CCCC1. The first kappa shape index (κ1) is 16.7. The number of likely N-dealkylation sites (tertiary alicyclic amines) is 1. The lowest BCUT2D eigenvalue weighted by molar-refractivity contribution is 0.0794. The van der Waals surface area contributed by atoms with Gasteiger partial charge in [-0.2, -0.15) is 5.10 Å². The van der Waals surface area contributed by atoms with Crippen LogP contribution in [0.25, 0.3) is 22.3 Å². The zero-order valence-corrected chi connectivity index (χ0v) is 15.4. The molecule has 3 aromatic heterocycles. The minimum Gasteiger partial charge on any atom is -0.467 e. The molecule has 0 unspecified atom stereocenters. The average molecular weight is 372 g/mol. The Kier molecular flexibility index (Phi) is 4.16. The summed E-state index contributed by atoms with van der Waals surface area (Å²) in [5.41, 5.74) is 3.11. The molecule has 0 radical (unpaired) electrons. The number of nitrogens with zero attached hydrogens (tertiary/aromatic N) is 4. The van der Waals surface area contributed by atoms with E-state index in [9.17, 15) is 4.79 Å². The van der Waals surface area contributed by atoms with Crippen molar-refractivity contribution in [2.24, 2.45) is 0 Å². The summed E-state index contributed by atoms with van der Waals surface area (Å²) < 4.78 is 7.26. The average Bonchev–Trinajstić information content (AvgIpc) is 3.50. The molecule has 28 heavy (non-hydrogen) atoms. The lowest BCUT2D eigenvalue weighted by Crippen LogP contribution is -2.27. The molecule has 1 aliphatic heterocycles. The summed E-state index contributed by atoms with van der Waals surface area (Å²) in [7, 11) is 0. The molecule has 5 rings (SSSR count). The second kappa shape index (κ2) is 6.96. The van der Waals surface area contributed by atoms with Crippen LogP contribution < -0.4 is 0 Å². The van der Waals surface area contributed by atoms with E-state index >= 15 is 0 Å². The number of benzene rings is 1. The van der Waals surface area contributed by atoms with E-state index in [1.54, 1.807) is 17.1 Å². The molecule has 1 saturated heterocycles. The van der Waals surface area contributed by atoms with Crippen LogP contribution in [-0.2, 0) is 6.54 Å². The maximum absolute atomic E-state index is 13.2. The molecule has 0 aliphatic carbocycles. The second-order valence-corrected chi connectivity index (χ2v) is 7.04. The molecular formula is C22H20N4O2. The van der Waals surface area contributed by atoms with E-state index in [-0.39, 0.29) is 5.91 Å². The molecular weight excluding hydrogens is 352 g/mol. The van der Waals surface area contributed by atoms with E-state index in [1.807, 2.05) is 53.4 Å². The molecule has 1 amide bonds. The fraction of sp³-hybridized carbons (Fsp3) is 0.227. The molecule has 1 fully saturated rings. The Balaban J connectivity index is 1.66. The highest BCUT2D eigenvalue weighted by Gasteiger charge is 2.24. The highest BCUT2D eigenvalue weighted by molar-refractivity contribution is 6.06. The van der Waals surface area contributed by atoms with Gasteiger partial charge in [-0.25, -0.2) is 9.67 Å². The number of amides is 1. The van der Waals surface area contributed by atoms with Crippen molar-refractivity contribution in [2.75, 3.05) is 13.1 Å². The number of carbonyl (C=O) groups is 1. The first-order valence-corrected chi connectivity index (χ1v) is 9.53. The van der Waals surface area contributed by atoms with Gasteiger partial charge in [0, 0.05) is 18.7 Å². The smallest absolute Gasteiger partial charge is 0.254 e. The summed E-state index contributed by atoms with van der Waals surface area (Å²) in [5, 5.41) is 5.28. The van der Waals surface area contributed by atoms with Crippen molar-refractivity contribution in [1.29, 1.82) is 0 Å². The summed E-state index contributed by atoms with van der Waals surface area (Å²) >= 11 is 0. The summed E-state index contributed by atoms with van der Waals surface area (Å²) in [6.07, 6.45) is 5.50. The van der Waals surface area contributed by atoms with E-state index in [0.29, 0.717) is 17.8 Å². The number of pyridine rings is 1. The number of carbonyl (C=O) groups excluding carboxylic acids is 1. The van der Waals surface area contributed by atoms with Crippen LogP contribution in [0, 0.1) is 0 Å². The molecule has 0 saturated carbocycles. The van der Waals surface area contributed by atoms with Gasteiger partial charge in [-0.1, -0.05) is 30.3 Å². The highest BCUT2D eigenvalue weighted by Crippen LogP contribution is 2.27. The molecule has 0 spiro atoms. The molecule has 140 valence electrons. The Morgan fingerprint density at radius 2 is 1.89 bits per heavy atom. The van der Waals surface area contributed by atoms with Crippen LogP contribution in [0.2, 0.25) is 0 Å². The van der Waals surface area contributed by atoms with Gasteiger partial charge >= 0.3 is 0 Å². The van der Waals surface area contributed by atoms with E-state index in [1.165, 1.54) is 0 Å². The van der Waals surface area contributed by atoms with Crippen molar-refractivity contribution in [3.63, 3.8) is 0 Å². The van der Waals surface area contributed by atoms with Crippen molar-refractivity contribution in [3.8, 4) is 11.3 Å². The van der Waals surface area contributed by atoms with Crippen LogP contribution in [0.4, 0.5) is 0 Å². The van der Waals surface area contributed by atoms with Gasteiger partial charge in [-0.05, 0) is 31.0 Å². The summed E-state index contributed by atoms with van der Waals surface area (Å²) in [4.78, 5) is 20.0. The lowest BCUT2D eigenvalue weighted by atomic mass is 10.1. The Morgan fingerprint density at radius 1 is 1.07 bits per heavy atom. The number of aromatic nitrogens is 3. The third-order valence-electron chi connectivity index (χ3n) is 5.19. The third kappa shape index (κ3) is 2.97. The van der Waals surface area contributed by atoms with Gasteiger partial charge < -0.3 is 9.32 Å². The molecule has 4 heterocycles. The zero-order valence-electron chi connectivity index (χ0n) is 15.4. The van der Waals surface area contributed by atoms with Gasteiger partial charge in [0.2, 0.25) is 0 Å². The molecule has 0 atom stereocenters. The van der Waals surface area contributed by atoms with Crippen LogP contribution in [0.3, 0.4) is 0 Å². The Morgan fingerprint density at radius 3 is 2.64 bits per heavy atom. The summed E-state index contributed by atoms with van der Waals surface area (Å²) in [6, 6.07) is 15.6. The number of hydrogen-bond acceptors (Lipinski definition) is 4. The molecule has 1 aliphatic rings. The van der Waals surface area contributed by atoms with E-state index in [0.717, 1.165) is 48.3 Å². The van der Waals surface area contributed by atoms with Gasteiger partial charge in [-0.15, -0.1) is 0 Å². The van der Waals surface area contributed by atoms with Crippen molar-refractivity contribution >= 4 is 16.9 Å². The van der Waals surface area contributed by atoms with E-state index < -0.39 is 0 Å². The van der Waals surface area contributed by atoms with Crippen molar-refractivity contribution in [1.82, 2.24) is 19.7 Å². The fourth-order valence-electron chi connectivity index (χ4n) is 3.74. The zero-order chi connectivity index (χ0) is 18.9. The first-order chi connectivity index (χ1) is 13.8. The Hall–Kier alpha value is -3.41. The van der Waals surface area contributed by atoms with Crippen molar-refractivity contribution in [3.05, 3.63) is 72.3 Å². The summed E-state index contributed by atoms with van der Waals surface area (Å²) in [6.45, 7) is 2.09. The predicted molar refractivity (Wildman–Crippen MR) is 106 cm³/mol. The van der Waals surface area contributed by atoms with Crippen LogP contribution in [-0.4, -0.2) is 38.7 Å². The normalized spacial score (nSPS) is 14.1. The minimum atomic E-state index is 0.0552. The molecule has 1 aromatic carbocycles. The fourth-order valence-corrected chi connectivity index (χ4v) is 3.74. The molecule has 6 heteroatoms. The number of rotatable bonds is 4. The Labute approximate surface area is 162 Å². The quantitative estimate of drug-likeness (QED) is 0.544. The van der Waals surface area contributed by atoms with Crippen LogP contribution in [0.5, 0.6) is 0 Å².